The maximum Gasteiger partial charge on any atom is 0.417 e. The number of methoxy groups -OCH3 is 1. The molecular formula is C23H29F3N4O4S. The number of halogens is 3. The highest BCUT2D eigenvalue weighted by Gasteiger charge is 2.51. The van der Waals surface area contributed by atoms with E-state index in [2.05, 4.69) is 10.2 Å². The molecule has 1 aromatic rings. The third-order valence-electron chi connectivity index (χ3n) is 7.31. The minimum atomic E-state index is -4.87. The number of carbonyl (C=O) groups is 1. The molecule has 12 heteroatoms. The maximum absolute atomic E-state index is 14.0. The van der Waals surface area contributed by atoms with E-state index in [1.54, 1.807) is 0 Å². The maximum atomic E-state index is 14.0. The third kappa shape index (κ3) is 5.13. The van der Waals surface area contributed by atoms with Crippen molar-refractivity contribution in [3.63, 3.8) is 0 Å². The summed E-state index contributed by atoms with van der Waals surface area (Å²) in [5.41, 5.74) is -1.80. The van der Waals surface area contributed by atoms with Gasteiger partial charge >= 0.3 is 6.18 Å². The average Bonchev–Trinajstić information content (AvgIpc) is 3.44. The number of piperazine rings is 1. The SMILES string of the molecule is CO[C@@H]1C[C@H](S(=O)(=O)c2ccc(N3CCN(C)CC3)cc2C(F)(F)F)C[C@H]1C(=O)NC1(C#N)CC1. The molecule has 1 saturated heterocycles. The van der Waals surface area contributed by atoms with Gasteiger partial charge < -0.3 is 19.9 Å². The molecule has 35 heavy (non-hydrogen) atoms. The molecule has 2 aliphatic carbocycles. The lowest BCUT2D eigenvalue weighted by molar-refractivity contribution is -0.139. The van der Waals surface area contributed by atoms with E-state index in [1.807, 2.05) is 18.0 Å². The van der Waals surface area contributed by atoms with Crippen molar-refractivity contribution in [1.29, 1.82) is 5.26 Å². The lowest BCUT2D eigenvalue weighted by Crippen LogP contribution is -2.44. The highest BCUT2D eigenvalue weighted by atomic mass is 32.2. The number of hydrogen-bond donors (Lipinski definition) is 1. The van der Waals surface area contributed by atoms with Crippen molar-refractivity contribution in [2.45, 2.75) is 53.6 Å². The van der Waals surface area contributed by atoms with Crippen LogP contribution in [0.3, 0.4) is 0 Å². The van der Waals surface area contributed by atoms with E-state index in [9.17, 15) is 31.6 Å². The summed E-state index contributed by atoms with van der Waals surface area (Å²) < 4.78 is 74.4. The summed E-state index contributed by atoms with van der Waals surface area (Å²) in [6.45, 7) is 2.47. The second-order valence-electron chi connectivity index (χ2n) is 9.67. The van der Waals surface area contributed by atoms with Crippen molar-refractivity contribution >= 4 is 21.4 Å². The first-order valence-corrected chi connectivity index (χ1v) is 13.1. The van der Waals surface area contributed by atoms with Gasteiger partial charge in [0.1, 0.15) is 5.54 Å². The van der Waals surface area contributed by atoms with Crippen LogP contribution in [0.5, 0.6) is 0 Å². The van der Waals surface area contributed by atoms with Crippen LogP contribution in [-0.4, -0.2) is 76.5 Å². The van der Waals surface area contributed by atoms with Crippen LogP contribution in [0.4, 0.5) is 18.9 Å². The molecule has 1 aromatic carbocycles. The summed E-state index contributed by atoms with van der Waals surface area (Å²) in [5, 5.41) is 10.7. The molecule has 3 atom stereocenters. The number of anilines is 1. The summed E-state index contributed by atoms with van der Waals surface area (Å²) in [4.78, 5) is 15.9. The van der Waals surface area contributed by atoms with Gasteiger partial charge in [-0.25, -0.2) is 8.42 Å². The van der Waals surface area contributed by atoms with Crippen LogP contribution in [-0.2, 0) is 25.5 Å². The monoisotopic (exact) mass is 514 g/mol. The largest absolute Gasteiger partial charge is 0.417 e. The summed E-state index contributed by atoms with van der Waals surface area (Å²) in [6, 6.07) is 5.41. The summed E-state index contributed by atoms with van der Waals surface area (Å²) >= 11 is 0. The van der Waals surface area contributed by atoms with Crippen LogP contribution in [0.2, 0.25) is 0 Å². The van der Waals surface area contributed by atoms with Crippen LogP contribution in [0.25, 0.3) is 0 Å². The van der Waals surface area contributed by atoms with Gasteiger partial charge in [-0.1, -0.05) is 0 Å². The number of likely N-dealkylation sites (N-methyl/N-ethyl adjacent to an activating group) is 1. The van der Waals surface area contributed by atoms with Crippen LogP contribution in [0.1, 0.15) is 31.2 Å². The standard InChI is InChI=1S/C23H29F3N4O4S/c1-29-7-9-30(10-8-29)15-3-4-20(18(11-15)23(24,25)26)35(32,33)16-12-17(19(13-16)34-2)21(31)28-22(14-27)5-6-22/h3-4,11,16-17,19H,5-10,12-13H2,1-2H3,(H,28,31)/t16-,17-,19-/m1/s1. The van der Waals surface area contributed by atoms with Crippen LogP contribution in [0.15, 0.2) is 23.1 Å². The Labute approximate surface area is 202 Å². The first-order valence-electron chi connectivity index (χ1n) is 11.5. The van der Waals surface area contributed by atoms with E-state index in [0.717, 1.165) is 12.1 Å². The van der Waals surface area contributed by atoms with E-state index >= 15 is 0 Å². The van der Waals surface area contributed by atoms with Gasteiger partial charge in [-0.15, -0.1) is 0 Å². The van der Waals surface area contributed by atoms with Crippen molar-refractivity contribution < 1.29 is 31.1 Å². The topological polar surface area (TPSA) is 103 Å². The quantitative estimate of drug-likeness (QED) is 0.621. The molecule has 3 fully saturated rings. The molecule has 0 spiro atoms. The number of rotatable bonds is 6. The minimum Gasteiger partial charge on any atom is -0.381 e. The molecule has 1 aliphatic heterocycles. The second kappa shape index (κ2) is 9.26. The van der Waals surface area contributed by atoms with E-state index in [-0.39, 0.29) is 12.8 Å². The fourth-order valence-corrected chi connectivity index (χ4v) is 6.89. The number of sulfone groups is 1. The molecule has 0 unspecified atom stereocenters. The lowest BCUT2D eigenvalue weighted by atomic mass is 10.0. The molecule has 4 rings (SSSR count). The van der Waals surface area contributed by atoms with E-state index in [0.29, 0.717) is 44.7 Å². The molecule has 8 nitrogen and oxygen atoms in total. The second-order valence-corrected chi connectivity index (χ2v) is 11.9. The summed E-state index contributed by atoms with van der Waals surface area (Å²) in [6.07, 6.45) is -4.90. The number of nitrogens with one attached hydrogen (secondary N) is 1. The van der Waals surface area contributed by atoms with Crippen LogP contribution < -0.4 is 10.2 Å². The predicted octanol–water partition coefficient (Wildman–Crippen LogP) is 2.20. The van der Waals surface area contributed by atoms with Gasteiger partial charge in [0.2, 0.25) is 5.91 Å². The Balaban J connectivity index is 1.61. The molecule has 1 heterocycles. The first kappa shape index (κ1) is 25.7. The molecule has 192 valence electrons. The molecule has 3 aliphatic rings. The Bertz CT molecular complexity index is 1120. The highest BCUT2D eigenvalue weighted by molar-refractivity contribution is 7.92. The first-order chi connectivity index (χ1) is 16.4. The Morgan fingerprint density at radius 2 is 1.86 bits per heavy atom. The highest BCUT2D eigenvalue weighted by Crippen LogP contribution is 2.43. The molecular weight excluding hydrogens is 485 g/mol. The summed E-state index contributed by atoms with van der Waals surface area (Å²) in [5.74, 6) is -1.38. The number of nitriles is 1. The fraction of sp³-hybridized carbons (Fsp3) is 0.652. The van der Waals surface area contributed by atoms with E-state index in [1.165, 1.54) is 13.2 Å². The Hall–Kier alpha value is -2.36. The number of hydrogen-bond acceptors (Lipinski definition) is 7. The number of alkyl halides is 3. The van der Waals surface area contributed by atoms with Crippen LogP contribution in [0, 0.1) is 17.2 Å². The van der Waals surface area contributed by atoms with Gasteiger partial charge in [0.05, 0.1) is 33.8 Å². The van der Waals surface area contributed by atoms with Gasteiger partial charge in [0.15, 0.2) is 9.84 Å². The number of nitrogens with zero attached hydrogens (tertiary/aromatic N) is 3. The Morgan fingerprint density at radius 3 is 2.40 bits per heavy atom. The van der Waals surface area contributed by atoms with Crippen molar-refractivity contribution in [3.05, 3.63) is 23.8 Å². The zero-order chi connectivity index (χ0) is 25.6. The number of carbonyl (C=O) groups excluding carboxylic acids is 1. The molecule has 2 saturated carbocycles. The van der Waals surface area contributed by atoms with Crippen molar-refractivity contribution in [2.75, 3.05) is 45.2 Å². The van der Waals surface area contributed by atoms with Gasteiger partial charge in [0, 0.05) is 39.0 Å². The fourth-order valence-electron chi connectivity index (χ4n) is 4.89. The van der Waals surface area contributed by atoms with E-state index < -0.39 is 55.2 Å². The van der Waals surface area contributed by atoms with E-state index in [4.69, 9.17) is 4.74 Å². The van der Waals surface area contributed by atoms with Crippen molar-refractivity contribution in [2.24, 2.45) is 5.92 Å². The normalized spacial score (nSPS) is 26.9. The lowest BCUT2D eigenvalue weighted by Gasteiger charge is -2.34. The van der Waals surface area contributed by atoms with Crippen LogP contribution >= 0.6 is 0 Å². The van der Waals surface area contributed by atoms with Gasteiger partial charge in [-0.2, -0.15) is 18.4 Å². The number of ether oxygens (including phenoxy) is 1. The Kier molecular flexibility index (Phi) is 6.81. The molecule has 1 amide bonds. The average molecular weight is 515 g/mol. The zero-order valence-corrected chi connectivity index (χ0v) is 20.5. The number of amides is 1. The third-order valence-corrected chi connectivity index (χ3v) is 9.54. The Morgan fingerprint density at radius 1 is 1.20 bits per heavy atom. The van der Waals surface area contributed by atoms with Crippen molar-refractivity contribution in [3.8, 4) is 6.07 Å². The zero-order valence-electron chi connectivity index (χ0n) is 19.6. The molecule has 0 radical (unpaired) electrons. The molecule has 0 aromatic heterocycles. The smallest absolute Gasteiger partial charge is 0.381 e. The van der Waals surface area contributed by atoms with Gasteiger partial charge in [-0.05, 0) is 50.9 Å². The molecule has 0 bridgehead atoms. The predicted molar refractivity (Wildman–Crippen MR) is 121 cm³/mol. The molecule has 1 N–H and O–H groups in total. The minimum absolute atomic E-state index is 0.103. The van der Waals surface area contributed by atoms with Gasteiger partial charge in [0.25, 0.3) is 0 Å². The number of benzene rings is 1. The van der Waals surface area contributed by atoms with Crippen molar-refractivity contribution in [1.82, 2.24) is 10.2 Å². The van der Waals surface area contributed by atoms with Gasteiger partial charge in [-0.3, -0.25) is 4.79 Å². The summed E-state index contributed by atoms with van der Waals surface area (Å²) in [7, 11) is -1.16.